The molecule has 0 spiro atoms. The van der Waals surface area contributed by atoms with Crippen molar-refractivity contribution in [3.8, 4) is 0 Å². The quantitative estimate of drug-likeness (QED) is 0.740. The molecule has 2 heteroatoms. The molecule has 3 unspecified atom stereocenters. The van der Waals surface area contributed by atoms with Crippen LogP contribution in [0.15, 0.2) is 0 Å². The Morgan fingerprint density at radius 2 is 1.73 bits per heavy atom. The molecule has 3 atom stereocenters. The van der Waals surface area contributed by atoms with E-state index >= 15 is 0 Å². The summed E-state index contributed by atoms with van der Waals surface area (Å²) < 4.78 is 0. The summed E-state index contributed by atoms with van der Waals surface area (Å²) >= 11 is 0. The lowest BCUT2D eigenvalue weighted by atomic mass is 9.87. The molecule has 1 aliphatic heterocycles. The lowest BCUT2D eigenvalue weighted by Crippen LogP contribution is -2.55. The van der Waals surface area contributed by atoms with E-state index in [-0.39, 0.29) is 0 Å². The Bertz CT molecular complexity index is 320. The number of nitrogens with zero attached hydrogens (tertiary/aromatic N) is 1. The maximum absolute atomic E-state index is 4.07. The molecule has 1 saturated heterocycles. The Morgan fingerprint density at radius 1 is 0.955 bits per heavy atom. The molecule has 3 rings (SSSR count). The Morgan fingerprint density at radius 3 is 2.36 bits per heavy atom. The minimum Gasteiger partial charge on any atom is -0.310 e. The van der Waals surface area contributed by atoms with Crippen molar-refractivity contribution >= 4 is 0 Å². The number of nitrogens with one attached hydrogen (secondary N) is 1. The fourth-order valence-electron chi connectivity index (χ4n) is 5.22. The second-order valence-electron chi connectivity index (χ2n) is 8.36. The molecule has 1 N–H and O–H groups in total. The first-order chi connectivity index (χ1) is 10.8. The highest BCUT2D eigenvalue weighted by Gasteiger charge is 2.38. The molecule has 0 amide bonds. The van der Waals surface area contributed by atoms with E-state index in [1.54, 1.807) is 0 Å². The van der Waals surface area contributed by atoms with E-state index in [0.717, 1.165) is 30.0 Å². The van der Waals surface area contributed by atoms with Crippen LogP contribution in [0.5, 0.6) is 0 Å². The third kappa shape index (κ3) is 4.47. The predicted molar refractivity (Wildman–Crippen MR) is 95.2 cm³/mol. The minimum atomic E-state index is 0.765. The van der Waals surface area contributed by atoms with Crippen LogP contribution in [0.3, 0.4) is 0 Å². The van der Waals surface area contributed by atoms with Crippen LogP contribution in [-0.2, 0) is 0 Å². The fraction of sp³-hybridized carbons (Fsp3) is 1.00. The van der Waals surface area contributed by atoms with Crippen molar-refractivity contribution in [3.05, 3.63) is 0 Å². The van der Waals surface area contributed by atoms with Gasteiger partial charge in [-0.1, -0.05) is 39.5 Å². The van der Waals surface area contributed by atoms with Crippen molar-refractivity contribution in [2.75, 3.05) is 13.1 Å². The Labute approximate surface area is 138 Å². The second kappa shape index (κ2) is 8.15. The molecule has 0 radical (unpaired) electrons. The number of hydrogen-bond acceptors (Lipinski definition) is 2. The van der Waals surface area contributed by atoms with Gasteiger partial charge >= 0.3 is 0 Å². The van der Waals surface area contributed by atoms with Crippen molar-refractivity contribution < 1.29 is 0 Å². The predicted octanol–water partition coefficient (Wildman–Crippen LogP) is 4.59. The van der Waals surface area contributed by atoms with Crippen LogP contribution in [0.2, 0.25) is 0 Å². The lowest BCUT2D eigenvalue weighted by molar-refractivity contribution is 0.0748. The SMILES string of the molecule is CCCC1CC(NC2CCCCC2)CN(C(CC)C2CC2)C1. The largest absolute Gasteiger partial charge is 0.310 e. The van der Waals surface area contributed by atoms with Crippen LogP contribution >= 0.6 is 0 Å². The Kier molecular flexibility index (Phi) is 6.21. The molecule has 0 aromatic heterocycles. The van der Waals surface area contributed by atoms with Gasteiger partial charge in [-0.3, -0.25) is 4.90 Å². The van der Waals surface area contributed by atoms with Crippen LogP contribution in [0.1, 0.15) is 84.5 Å². The van der Waals surface area contributed by atoms with Gasteiger partial charge in [0.15, 0.2) is 0 Å². The fourth-order valence-corrected chi connectivity index (χ4v) is 5.22. The molecule has 0 bridgehead atoms. The van der Waals surface area contributed by atoms with Gasteiger partial charge in [-0.05, 0) is 56.8 Å². The first-order valence-electron chi connectivity index (χ1n) is 10.3. The molecule has 2 aliphatic carbocycles. The van der Waals surface area contributed by atoms with Gasteiger partial charge < -0.3 is 5.32 Å². The number of rotatable bonds is 7. The average molecular weight is 307 g/mol. The standard InChI is InChI=1S/C20H38N2/c1-3-8-16-13-19(21-18-9-6-5-7-10-18)15-22(14-16)20(4-2)17-11-12-17/h16-21H,3-15H2,1-2H3. The molecular weight excluding hydrogens is 268 g/mol. The molecule has 1 heterocycles. The summed E-state index contributed by atoms with van der Waals surface area (Å²) in [6.45, 7) is 7.48. The van der Waals surface area contributed by atoms with Gasteiger partial charge in [-0.15, -0.1) is 0 Å². The van der Waals surface area contributed by atoms with E-state index < -0.39 is 0 Å². The molecule has 2 saturated carbocycles. The van der Waals surface area contributed by atoms with Crippen molar-refractivity contribution in [1.82, 2.24) is 10.2 Å². The van der Waals surface area contributed by atoms with Gasteiger partial charge in [0.1, 0.15) is 0 Å². The summed E-state index contributed by atoms with van der Waals surface area (Å²) in [5.74, 6) is 1.97. The summed E-state index contributed by atoms with van der Waals surface area (Å²) in [7, 11) is 0. The van der Waals surface area contributed by atoms with E-state index in [1.165, 1.54) is 83.7 Å². The van der Waals surface area contributed by atoms with Crippen LogP contribution in [0.4, 0.5) is 0 Å². The molecule has 3 fully saturated rings. The van der Waals surface area contributed by atoms with Crippen molar-refractivity contribution in [2.24, 2.45) is 11.8 Å². The zero-order valence-corrected chi connectivity index (χ0v) is 15.0. The summed E-state index contributed by atoms with van der Waals surface area (Å²) in [4.78, 5) is 2.89. The normalized spacial score (nSPS) is 33.0. The smallest absolute Gasteiger partial charge is 0.0200 e. The van der Waals surface area contributed by atoms with Crippen LogP contribution in [-0.4, -0.2) is 36.1 Å². The minimum absolute atomic E-state index is 0.765. The summed E-state index contributed by atoms with van der Waals surface area (Å²) in [6.07, 6.45) is 15.8. The third-order valence-corrected chi connectivity index (χ3v) is 6.39. The van der Waals surface area contributed by atoms with E-state index in [9.17, 15) is 0 Å². The van der Waals surface area contributed by atoms with Crippen molar-refractivity contribution in [3.63, 3.8) is 0 Å². The molecule has 0 aromatic rings. The first-order valence-corrected chi connectivity index (χ1v) is 10.3. The highest BCUT2D eigenvalue weighted by Crippen LogP contribution is 2.38. The van der Waals surface area contributed by atoms with Gasteiger partial charge in [0.2, 0.25) is 0 Å². The van der Waals surface area contributed by atoms with E-state index in [1.807, 2.05) is 0 Å². The van der Waals surface area contributed by atoms with Gasteiger partial charge in [0.25, 0.3) is 0 Å². The van der Waals surface area contributed by atoms with Crippen LogP contribution < -0.4 is 5.32 Å². The topological polar surface area (TPSA) is 15.3 Å². The van der Waals surface area contributed by atoms with Gasteiger partial charge in [0, 0.05) is 31.2 Å². The molecule has 3 aliphatic rings. The van der Waals surface area contributed by atoms with Crippen molar-refractivity contribution in [1.29, 1.82) is 0 Å². The summed E-state index contributed by atoms with van der Waals surface area (Å²) in [6, 6.07) is 2.47. The third-order valence-electron chi connectivity index (χ3n) is 6.39. The molecule has 0 aromatic carbocycles. The number of piperidine rings is 1. The zero-order chi connectivity index (χ0) is 15.4. The zero-order valence-electron chi connectivity index (χ0n) is 15.0. The summed E-state index contributed by atoms with van der Waals surface area (Å²) in [5, 5.41) is 4.07. The van der Waals surface area contributed by atoms with Crippen molar-refractivity contribution in [2.45, 2.75) is 103 Å². The second-order valence-corrected chi connectivity index (χ2v) is 8.36. The van der Waals surface area contributed by atoms with Gasteiger partial charge in [-0.2, -0.15) is 0 Å². The Hall–Kier alpha value is -0.0800. The number of hydrogen-bond donors (Lipinski definition) is 1. The number of likely N-dealkylation sites (tertiary alicyclic amines) is 1. The first kappa shape index (κ1) is 16.8. The van der Waals surface area contributed by atoms with Crippen LogP contribution in [0.25, 0.3) is 0 Å². The lowest BCUT2D eigenvalue weighted by Gasteiger charge is -2.44. The maximum Gasteiger partial charge on any atom is 0.0200 e. The van der Waals surface area contributed by atoms with Gasteiger partial charge in [0.05, 0.1) is 0 Å². The van der Waals surface area contributed by atoms with E-state index in [4.69, 9.17) is 0 Å². The van der Waals surface area contributed by atoms with Crippen LogP contribution in [0, 0.1) is 11.8 Å². The highest BCUT2D eigenvalue weighted by molar-refractivity contribution is 4.94. The van der Waals surface area contributed by atoms with E-state index in [2.05, 4.69) is 24.1 Å². The maximum atomic E-state index is 4.07. The molecule has 22 heavy (non-hydrogen) atoms. The van der Waals surface area contributed by atoms with E-state index in [0.29, 0.717) is 0 Å². The molecule has 128 valence electrons. The average Bonchev–Trinajstić information content (AvgIpc) is 3.34. The summed E-state index contributed by atoms with van der Waals surface area (Å²) in [5.41, 5.74) is 0. The monoisotopic (exact) mass is 306 g/mol. The molecule has 2 nitrogen and oxygen atoms in total. The Balaban J connectivity index is 1.58. The van der Waals surface area contributed by atoms with Gasteiger partial charge in [-0.25, -0.2) is 0 Å². The highest BCUT2D eigenvalue weighted by atomic mass is 15.2. The molecular formula is C20H38N2.